The number of hydrogen-bond donors (Lipinski definition) is 0. The highest BCUT2D eigenvalue weighted by atomic mass is 35.5. The van der Waals surface area contributed by atoms with Gasteiger partial charge in [0.05, 0.1) is 4.88 Å². The molecule has 0 fully saturated rings. The van der Waals surface area contributed by atoms with Crippen LogP contribution in [0, 0.1) is 11.3 Å². The molecule has 1 nitrogen and oxygen atoms in total. The molecule has 2 rings (SSSR count). The van der Waals surface area contributed by atoms with Crippen molar-refractivity contribution >= 4 is 28.2 Å². The van der Waals surface area contributed by atoms with Crippen molar-refractivity contribution in [1.29, 1.82) is 0 Å². The van der Waals surface area contributed by atoms with Crippen molar-refractivity contribution in [3.63, 3.8) is 0 Å². The van der Waals surface area contributed by atoms with Gasteiger partial charge in [-0.15, -0.1) is 11.3 Å². The van der Waals surface area contributed by atoms with E-state index in [1.165, 1.54) is 16.9 Å². The minimum atomic E-state index is -0.313. The van der Waals surface area contributed by atoms with Gasteiger partial charge in [0.2, 0.25) is 0 Å². The molecule has 3 heteroatoms. The van der Waals surface area contributed by atoms with Crippen molar-refractivity contribution in [2.24, 2.45) is 11.3 Å². The minimum Gasteiger partial charge on any atom is -0.275 e. The van der Waals surface area contributed by atoms with Crippen LogP contribution in [0.3, 0.4) is 0 Å². The average Bonchev–Trinajstić information content (AvgIpc) is 2.58. The van der Waals surface area contributed by atoms with E-state index in [1.54, 1.807) is 11.3 Å². The van der Waals surface area contributed by atoms with E-state index in [-0.39, 0.29) is 5.24 Å². The third kappa shape index (κ3) is 2.33. The van der Waals surface area contributed by atoms with Crippen molar-refractivity contribution in [3.8, 4) is 0 Å². The van der Waals surface area contributed by atoms with Crippen molar-refractivity contribution in [3.05, 3.63) is 21.4 Å². The minimum absolute atomic E-state index is 0.313. The maximum atomic E-state index is 11.1. The maximum absolute atomic E-state index is 11.1. The number of hydrogen-bond acceptors (Lipinski definition) is 2. The smallest absolute Gasteiger partial charge is 0.262 e. The monoisotopic (exact) mass is 256 g/mol. The second-order valence-corrected chi connectivity index (χ2v) is 7.12. The standard InChI is InChI=1S/C13H17ClOS/c1-13(2,3)9-4-5-10-8(6-9)7-11(16-10)12(14)15/h7,9H,4-6H2,1-3H3/t9-/m0/s1. The van der Waals surface area contributed by atoms with E-state index in [0.29, 0.717) is 16.2 Å². The summed E-state index contributed by atoms with van der Waals surface area (Å²) in [7, 11) is 0. The Morgan fingerprint density at radius 1 is 1.50 bits per heavy atom. The summed E-state index contributed by atoms with van der Waals surface area (Å²) >= 11 is 7.10. The fraction of sp³-hybridized carbons (Fsp3) is 0.615. The van der Waals surface area contributed by atoms with Gasteiger partial charge in [0.25, 0.3) is 5.24 Å². The number of thiophene rings is 1. The molecular weight excluding hydrogens is 240 g/mol. The summed E-state index contributed by atoms with van der Waals surface area (Å²) in [6.07, 6.45) is 3.43. The van der Waals surface area contributed by atoms with Gasteiger partial charge < -0.3 is 0 Å². The molecule has 0 aliphatic heterocycles. The van der Waals surface area contributed by atoms with Gasteiger partial charge in [0.1, 0.15) is 0 Å². The van der Waals surface area contributed by atoms with Crippen molar-refractivity contribution < 1.29 is 4.79 Å². The lowest BCUT2D eigenvalue weighted by Crippen LogP contribution is -2.26. The lowest BCUT2D eigenvalue weighted by Gasteiger charge is -2.33. The zero-order valence-electron chi connectivity index (χ0n) is 9.97. The Morgan fingerprint density at radius 3 is 2.75 bits per heavy atom. The van der Waals surface area contributed by atoms with Gasteiger partial charge >= 0.3 is 0 Å². The highest BCUT2D eigenvalue weighted by Gasteiger charge is 2.30. The number of halogens is 1. The number of fused-ring (bicyclic) bond motifs is 1. The SMILES string of the molecule is CC(C)(C)[C@H]1CCc2sc(C(=O)Cl)cc2C1. The Kier molecular flexibility index (Phi) is 3.15. The summed E-state index contributed by atoms with van der Waals surface area (Å²) in [5, 5.41) is -0.313. The highest BCUT2D eigenvalue weighted by Crippen LogP contribution is 2.40. The first-order chi connectivity index (χ1) is 7.38. The van der Waals surface area contributed by atoms with E-state index in [1.807, 2.05) is 6.07 Å². The fourth-order valence-electron chi connectivity index (χ4n) is 2.36. The molecular formula is C13H17ClOS. The van der Waals surface area contributed by atoms with Crippen LogP contribution in [0.2, 0.25) is 0 Å². The summed E-state index contributed by atoms with van der Waals surface area (Å²) in [5.41, 5.74) is 1.70. The number of carbonyl (C=O) groups is 1. The summed E-state index contributed by atoms with van der Waals surface area (Å²) in [5.74, 6) is 0.716. The van der Waals surface area contributed by atoms with Crippen LogP contribution in [-0.4, -0.2) is 5.24 Å². The van der Waals surface area contributed by atoms with Crippen LogP contribution in [0.15, 0.2) is 6.07 Å². The summed E-state index contributed by atoms with van der Waals surface area (Å²) in [6, 6.07) is 1.99. The highest BCUT2D eigenvalue weighted by molar-refractivity contribution is 7.15. The lowest BCUT2D eigenvalue weighted by atomic mass is 9.72. The molecule has 0 saturated heterocycles. The Balaban J connectivity index is 2.24. The largest absolute Gasteiger partial charge is 0.275 e. The van der Waals surface area contributed by atoms with E-state index >= 15 is 0 Å². The predicted molar refractivity (Wildman–Crippen MR) is 69.5 cm³/mol. The van der Waals surface area contributed by atoms with Crippen LogP contribution in [0.5, 0.6) is 0 Å². The zero-order chi connectivity index (χ0) is 11.9. The summed E-state index contributed by atoms with van der Waals surface area (Å²) in [4.78, 5) is 13.2. The molecule has 1 aromatic heterocycles. The average molecular weight is 257 g/mol. The normalized spacial score (nSPS) is 20.6. The van der Waals surface area contributed by atoms with Gasteiger partial charge in [-0.3, -0.25) is 4.79 Å². The Labute approximate surface area is 106 Å². The molecule has 0 bridgehead atoms. The Bertz CT molecular complexity index is 414. The molecule has 1 aliphatic carbocycles. The molecule has 0 saturated carbocycles. The first-order valence-electron chi connectivity index (χ1n) is 5.69. The van der Waals surface area contributed by atoms with Crippen LogP contribution >= 0.6 is 22.9 Å². The second-order valence-electron chi connectivity index (χ2n) is 5.64. The van der Waals surface area contributed by atoms with E-state index in [2.05, 4.69) is 20.8 Å². The molecule has 0 radical (unpaired) electrons. The lowest BCUT2D eigenvalue weighted by molar-refractivity contribution is 0.108. The van der Waals surface area contributed by atoms with Crippen molar-refractivity contribution in [1.82, 2.24) is 0 Å². The molecule has 88 valence electrons. The Hall–Kier alpha value is -0.340. The number of carbonyl (C=O) groups excluding carboxylic acids is 1. The summed E-state index contributed by atoms with van der Waals surface area (Å²) < 4.78 is 0. The van der Waals surface area contributed by atoms with Gasteiger partial charge in [0.15, 0.2) is 0 Å². The van der Waals surface area contributed by atoms with Crippen LogP contribution in [0.4, 0.5) is 0 Å². The summed E-state index contributed by atoms with van der Waals surface area (Å²) in [6.45, 7) is 6.88. The maximum Gasteiger partial charge on any atom is 0.262 e. The van der Waals surface area contributed by atoms with Gasteiger partial charge in [-0.2, -0.15) is 0 Å². The van der Waals surface area contributed by atoms with E-state index in [4.69, 9.17) is 11.6 Å². The molecule has 1 atom stereocenters. The Morgan fingerprint density at radius 2 is 2.19 bits per heavy atom. The van der Waals surface area contributed by atoms with Crippen LogP contribution in [-0.2, 0) is 12.8 Å². The first kappa shape index (κ1) is 12.1. The van der Waals surface area contributed by atoms with Crippen molar-refractivity contribution in [2.45, 2.75) is 40.0 Å². The topological polar surface area (TPSA) is 17.1 Å². The van der Waals surface area contributed by atoms with Crippen LogP contribution in [0.25, 0.3) is 0 Å². The molecule has 0 unspecified atom stereocenters. The molecule has 16 heavy (non-hydrogen) atoms. The van der Waals surface area contributed by atoms with Gasteiger partial charge in [-0.25, -0.2) is 0 Å². The zero-order valence-corrected chi connectivity index (χ0v) is 11.5. The van der Waals surface area contributed by atoms with E-state index in [0.717, 1.165) is 12.8 Å². The molecule has 0 spiro atoms. The molecule has 0 N–H and O–H groups in total. The van der Waals surface area contributed by atoms with E-state index < -0.39 is 0 Å². The van der Waals surface area contributed by atoms with Gasteiger partial charge in [-0.1, -0.05) is 20.8 Å². The third-order valence-corrected chi connectivity index (χ3v) is 5.05. The van der Waals surface area contributed by atoms with Crippen LogP contribution < -0.4 is 0 Å². The number of rotatable bonds is 1. The van der Waals surface area contributed by atoms with Crippen molar-refractivity contribution in [2.75, 3.05) is 0 Å². The molecule has 1 aliphatic rings. The predicted octanol–water partition coefficient (Wildman–Crippen LogP) is 4.28. The fourth-order valence-corrected chi connectivity index (χ4v) is 3.57. The van der Waals surface area contributed by atoms with Gasteiger partial charge in [-0.05, 0) is 53.8 Å². The molecule has 0 amide bonds. The van der Waals surface area contributed by atoms with E-state index in [9.17, 15) is 4.79 Å². The van der Waals surface area contributed by atoms with Crippen LogP contribution in [0.1, 0.15) is 47.3 Å². The second kappa shape index (κ2) is 4.15. The molecule has 0 aromatic carbocycles. The molecule has 1 heterocycles. The number of aryl methyl sites for hydroxylation is 1. The van der Waals surface area contributed by atoms with Gasteiger partial charge in [0, 0.05) is 4.88 Å². The first-order valence-corrected chi connectivity index (χ1v) is 6.89. The quantitative estimate of drug-likeness (QED) is 0.686. The third-order valence-electron chi connectivity index (χ3n) is 3.50. The molecule has 1 aromatic rings.